The van der Waals surface area contributed by atoms with Gasteiger partial charge in [-0.05, 0) is 44.4 Å². The number of aliphatic hydroxyl groups is 2. The van der Waals surface area contributed by atoms with E-state index >= 15 is 0 Å². The number of carboxylic acids is 1. The van der Waals surface area contributed by atoms with Gasteiger partial charge in [0.25, 0.3) is 0 Å². The highest BCUT2D eigenvalue weighted by Crippen LogP contribution is 2.33. The van der Waals surface area contributed by atoms with Gasteiger partial charge < -0.3 is 15.3 Å². The number of unbranched alkanes of at least 4 members (excludes halogenated alkanes) is 1. The fraction of sp³-hybridized carbons (Fsp3) is 0.714. The summed E-state index contributed by atoms with van der Waals surface area (Å²) in [4.78, 5) is 22.7. The zero-order chi connectivity index (χ0) is 20.3. The number of ketones is 1. The molecule has 2 unspecified atom stereocenters. The van der Waals surface area contributed by atoms with Crippen LogP contribution in [0, 0.1) is 11.8 Å². The smallest absolute Gasteiger partial charge is 0.332 e. The number of alkyl halides is 1. The predicted molar refractivity (Wildman–Crippen MR) is 107 cm³/mol. The molecule has 0 radical (unpaired) electrons. The van der Waals surface area contributed by atoms with Gasteiger partial charge >= 0.3 is 5.97 Å². The maximum absolute atomic E-state index is 12.1. The number of Topliss-reactive ketones (excluding diaryl/α,β-unsaturated/α-hetero) is 1. The van der Waals surface area contributed by atoms with Crippen LogP contribution < -0.4 is 0 Å². The van der Waals surface area contributed by atoms with Crippen molar-refractivity contribution < 1.29 is 24.9 Å². The fourth-order valence-corrected chi connectivity index (χ4v) is 3.64. The van der Waals surface area contributed by atoms with Crippen molar-refractivity contribution in [3.63, 3.8) is 0 Å². The van der Waals surface area contributed by atoms with Crippen molar-refractivity contribution in [3.05, 3.63) is 24.3 Å². The van der Waals surface area contributed by atoms with E-state index in [9.17, 15) is 19.8 Å². The Morgan fingerprint density at radius 2 is 2.11 bits per heavy atom. The standard InChI is InChI=1S/C21H33ClO5/c1-2-3-13-21(27,15-22)14-7-8-16-11-12-18(23)17(16)9-5-4-6-10-19(24)20(25)26/h4-5,7-8,16-17,19,24,27H,2-3,6,9-15H2,1H3,(H,25,26)/t16-,17+,19?,21?/m0/s1. The third-order valence-corrected chi connectivity index (χ3v) is 5.73. The van der Waals surface area contributed by atoms with E-state index < -0.39 is 17.7 Å². The molecule has 154 valence electrons. The number of carbonyl (C=O) groups is 2. The quantitative estimate of drug-likeness (QED) is 0.322. The Labute approximate surface area is 167 Å². The van der Waals surface area contributed by atoms with E-state index in [0.717, 1.165) is 19.3 Å². The summed E-state index contributed by atoms with van der Waals surface area (Å²) in [6.07, 6.45) is 12.2. The van der Waals surface area contributed by atoms with Crippen molar-refractivity contribution >= 4 is 23.4 Å². The summed E-state index contributed by atoms with van der Waals surface area (Å²) in [6.45, 7) is 2.08. The maximum Gasteiger partial charge on any atom is 0.332 e. The Morgan fingerprint density at radius 3 is 2.74 bits per heavy atom. The van der Waals surface area contributed by atoms with Crippen LogP contribution in [0.2, 0.25) is 0 Å². The summed E-state index contributed by atoms with van der Waals surface area (Å²) < 4.78 is 0. The number of carbonyl (C=O) groups excluding carboxylic acids is 1. The normalized spacial score (nSPS) is 23.9. The summed E-state index contributed by atoms with van der Waals surface area (Å²) in [5.41, 5.74) is -0.878. The topological polar surface area (TPSA) is 94.8 Å². The Bertz CT molecular complexity index is 531. The maximum atomic E-state index is 12.1. The molecule has 3 N–H and O–H groups in total. The molecule has 0 aromatic heterocycles. The number of hydrogen-bond acceptors (Lipinski definition) is 4. The number of carboxylic acid groups (broad SMARTS) is 1. The van der Waals surface area contributed by atoms with Gasteiger partial charge in [0, 0.05) is 12.3 Å². The summed E-state index contributed by atoms with van der Waals surface area (Å²) in [5.74, 6) is -0.664. The fourth-order valence-electron chi connectivity index (χ4n) is 3.40. The van der Waals surface area contributed by atoms with E-state index in [2.05, 4.69) is 6.92 Å². The van der Waals surface area contributed by atoms with Gasteiger partial charge in [0.05, 0.1) is 11.5 Å². The van der Waals surface area contributed by atoms with Gasteiger partial charge in [0.2, 0.25) is 0 Å². The van der Waals surface area contributed by atoms with Crippen LogP contribution in [0.3, 0.4) is 0 Å². The molecule has 0 saturated heterocycles. The molecule has 27 heavy (non-hydrogen) atoms. The number of allylic oxidation sites excluding steroid dienone is 3. The third-order valence-electron chi connectivity index (χ3n) is 5.23. The molecule has 1 rings (SSSR count). The van der Waals surface area contributed by atoms with Crippen molar-refractivity contribution in [1.29, 1.82) is 0 Å². The molecule has 5 nitrogen and oxygen atoms in total. The molecule has 0 heterocycles. The number of aliphatic carboxylic acids is 1. The van der Waals surface area contributed by atoms with Crippen molar-refractivity contribution in [2.24, 2.45) is 11.8 Å². The first-order valence-corrected chi connectivity index (χ1v) is 10.4. The van der Waals surface area contributed by atoms with Crippen molar-refractivity contribution in [2.75, 3.05) is 5.88 Å². The van der Waals surface area contributed by atoms with Crippen LogP contribution in [0.4, 0.5) is 0 Å². The molecule has 0 aromatic carbocycles. The molecule has 6 heteroatoms. The Morgan fingerprint density at radius 1 is 1.37 bits per heavy atom. The SMILES string of the molecule is CCCCC(O)(CCl)CC=C[C@H]1CCC(=O)[C@@H]1CC=CCCC(O)C(=O)O. The molecular weight excluding hydrogens is 368 g/mol. The van der Waals surface area contributed by atoms with E-state index in [1.807, 2.05) is 24.3 Å². The molecular formula is C21H33ClO5. The van der Waals surface area contributed by atoms with Gasteiger partial charge in [-0.25, -0.2) is 4.79 Å². The lowest BCUT2D eigenvalue weighted by atomic mass is 9.89. The number of hydrogen-bond donors (Lipinski definition) is 3. The zero-order valence-corrected chi connectivity index (χ0v) is 16.9. The van der Waals surface area contributed by atoms with E-state index in [-0.39, 0.29) is 29.9 Å². The highest BCUT2D eigenvalue weighted by molar-refractivity contribution is 6.18. The largest absolute Gasteiger partial charge is 0.479 e. The van der Waals surface area contributed by atoms with Crippen LogP contribution >= 0.6 is 11.6 Å². The Hall–Kier alpha value is -1.17. The van der Waals surface area contributed by atoms with E-state index in [1.165, 1.54) is 0 Å². The average molecular weight is 401 g/mol. The van der Waals surface area contributed by atoms with Gasteiger partial charge in [-0.1, -0.05) is 44.1 Å². The highest BCUT2D eigenvalue weighted by Gasteiger charge is 2.32. The highest BCUT2D eigenvalue weighted by atomic mass is 35.5. The van der Waals surface area contributed by atoms with Crippen LogP contribution in [0.1, 0.15) is 64.7 Å². The lowest BCUT2D eigenvalue weighted by Crippen LogP contribution is -2.30. The summed E-state index contributed by atoms with van der Waals surface area (Å²) in [5, 5.41) is 28.4. The second-order valence-corrected chi connectivity index (χ2v) is 7.77. The Kier molecular flexibility index (Phi) is 10.9. The molecule has 1 aliphatic carbocycles. The number of rotatable bonds is 13. The lowest BCUT2D eigenvalue weighted by molar-refractivity contribution is -0.146. The molecule has 4 atom stereocenters. The van der Waals surface area contributed by atoms with Crippen molar-refractivity contribution in [1.82, 2.24) is 0 Å². The van der Waals surface area contributed by atoms with Crippen LogP contribution in [-0.2, 0) is 9.59 Å². The molecule has 0 aliphatic heterocycles. The van der Waals surface area contributed by atoms with E-state index in [4.69, 9.17) is 16.7 Å². The monoisotopic (exact) mass is 400 g/mol. The molecule has 1 aliphatic rings. The summed E-state index contributed by atoms with van der Waals surface area (Å²) in [7, 11) is 0. The van der Waals surface area contributed by atoms with E-state index in [1.54, 1.807) is 0 Å². The molecule has 1 fully saturated rings. The minimum atomic E-state index is -1.34. The van der Waals surface area contributed by atoms with Gasteiger partial charge in [0.1, 0.15) is 5.78 Å². The van der Waals surface area contributed by atoms with Gasteiger partial charge in [-0.2, -0.15) is 0 Å². The minimum Gasteiger partial charge on any atom is -0.479 e. The third kappa shape index (κ3) is 8.58. The second-order valence-electron chi connectivity index (χ2n) is 7.51. The van der Waals surface area contributed by atoms with Gasteiger partial charge in [-0.3, -0.25) is 4.79 Å². The van der Waals surface area contributed by atoms with Crippen molar-refractivity contribution in [3.8, 4) is 0 Å². The molecule has 0 amide bonds. The van der Waals surface area contributed by atoms with Gasteiger partial charge in [0.15, 0.2) is 6.10 Å². The molecule has 0 spiro atoms. The lowest BCUT2D eigenvalue weighted by Gasteiger charge is -2.24. The summed E-state index contributed by atoms with van der Waals surface area (Å²) in [6, 6.07) is 0. The second kappa shape index (κ2) is 12.3. The van der Waals surface area contributed by atoms with Gasteiger partial charge in [-0.15, -0.1) is 11.6 Å². The first-order valence-electron chi connectivity index (χ1n) is 9.86. The van der Waals surface area contributed by atoms with Crippen molar-refractivity contribution in [2.45, 2.75) is 76.4 Å². The molecule has 0 bridgehead atoms. The first kappa shape index (κ1) is 23.9. The number of aliphatic hydroxyl groups excluding tert-OH is 1. The number of halogens is 1. The predicted octanol–water partition coefficient (Wildman–Crippen LogP) is 3.86. The van der Waals surface area contributed by atoms with E-state index in [0.29, 0.717) is 32.1 Å². The zero-order valence-electron chi connectivity index (χ0n) is 16.1. The molecule has 1 saturated carbocycles. The van der Waals surface area contributed by atoms with Crippen LogP contribution in [0.5, 0.6) is 0 Å². The minimum absolute atomic E-state index is 0.0679. The summed E-state index contributed by atoms with van der Waals surface area (Å²) >= 11 is 5.93. The average Bonchev–Trinajstić information content (AvgIpc) is 2.99. The molecule has 0 aromatic rings. The first-order chi connectivity index (χ1) is 12.8. The van der Waals surface area contributed by atoms with Crippen LogP contribution in [0.15, 0.2) is 24.3 Å². The van der Waals surface area contributed by atoms with Crippen LogP contribution in [-0.4, -0.2) is 44.7 Å². The van der Waals surface area contributed by atoms with Crippen LogP contribution in [0.25, 0.3) is 0 Å². The Balaban J connectivity index is 2.50.